The van der Waals surface area contributed by atoms with Crippen LogP contribution in [0.1, 0.15) is 17.0 Å². The molecule has 0 spiro atoms. The van der Waals surface area contributed by atoms with Crippen LogP contribution in [0.4, 0.5) is 21.6 Å². The number of nitrogens with zero attached hydrogens (tertiary/aromatic N) is 1. The maximum Gasteiger partial charge on any atom is 0.236 e. The predicted octanol–water partition coefficient (Wildman–Crippen LogP) is 5.73. The Morgan fingerprint density at radius 1 is 0.767 bits per heavy atom. The fraction of sp³-hybridized carbons (Fsp3) is 0.0400. The summed E-state index contributed by atoms with van der Waals surface area (Å²) in [5.74, 6) is -0.460. The highest BCUT2D eigenvalue weighted by Crippen LogP contribution is 2.26. The highest BCUT2D eigenvalue weighted by atomic mass is 19.1. The summed E-state index contributed by atoms with van der Waals surface area (Å²) >= 11 is 0. The molecule has 4 aromatic rings. The molecule has 2 N–H and O–H groups in total. The van der Waals surface area contributed by atoms with E-state index in [4.69, 9.17) is 0 Å². The van der Waals surface area contributed by atoms with Crippen LogP contribution in [0.25, 0.3) is 0 Å². The molecule has 1 aromatic heterocycles. The average molecular weight is 397 g/mol. The number of anilines is 3. The van der Waals surface area contributed by atoms with Gasteiger partial charge in [0.05, 0.1) is 23.5 Å². The molecule has 0 fully saturated rings. The third kappa shape index (κ3) is 4.52. The van der Waals surface area contributed by atoms with Crippen LogP contribution in [-0.2, 0) is 4.79 Å². The number of para-hydroxylation sites is 1. The van der Waals surface area contributed by atoms with Gasteiger partial charge in [-0.05, 0) is 35.4 Å². The van der Waals surface area contributed by atoms with Gasteiger partial charge in [0, 0.05) is 0 Å². The predicted molar refractivity (Wildman–Crippen MR) is 117 cm³/mol. The number of amides is 1. The van der Waals surface area contributed by atoms with Gasteiger partial charge in [0.15, 0.2) is 0 Å². The Hall–Kier alpha value is -3.99. The largest absolute Gasteiger partial charge is 0.338 e. The van der Waals surface area contributed by atoms with Crippen LogP contribution >= 0.6 is 0 Å². The van der Waals surface area contributed by atoms with Crippen molar-refractivity contribution in [2.24, 2.45) is 0 Å². The fourth-order valence-electron chi connectivity index (χ4n) is 3.24. The lowest BCUT2D eigenvalue weighted by Crippen LogP contribution is -2.22. The summed E-state index contributed by atoms with van der Waals surface area (Å²) < 4.78 is 13.8. The molecule has 0 aliphatic heterocycles. The molecule has 0 radical (unpaired) electrons. The smallest absolute Gasteiger partial charge is 0.236 e. The van der Waals surface area contributed by atoms with E-state index < -0.39 is 5.92 Å². The normalized spacial score (nSPS) is 10.6. The molecule has 4 rings (SSSR count). The van der Waals surface area contributed by atoms with Gasteiger partial charge in [-0.1, -0.05) is 72.8 Å². The topological polar surface area (TPSA) is 54.0 Å². The lowest BCUT2D eigenvalue weighted by molar-refractivity contribution is -0.116. The summed E-state index contributed by atoms with van der Waals surface area (Å²) in [6, 6.07) is 29.1. The van der Waals surface area contributed by atoms with Crippen molar-refractivity contribution in [2.75, 3.05) is 10.6 Å². The first kappa shape index (κ1) is 19.3. The zero-order valence-corrected chi connectivity index (χ0v) is 16.1. The molecule has 0 aliphatic carbocycles. The zero-order chi connectivity index (χ0) is 20.8. The van der Waals surface area contributed by atoms with E-state index in [1.54, 1.807) is 36.5 Å². The van der Waals surface area contributed by atoms with Gasteiger partial charge >= 0.3 is 0 Å². The van der Waals surface area contributed by atoms with Crippen LogP contribution in [0.3, 0.4) is 0 Å². The summed E-state index contributed by atoms with van der Waals surface area (Å²) in [5.41, 5.74) is 2.73. The Bertz CT molecular complexity index is 1080. The Morgan fingerprint density at radius 3 is 1.93 bits per heavy atom. The third-order valence-electron chi connectivity index (χ3n) is 4.70. The Kier molecular flexibility index (Phi) is 5.80. The van der Waals surface area contributed by atoms with Crippen LogP contribution < -0.4 is 10.6 Å². The Morgan fingerprint density at radius 2 is 1.37 bits per heavy atom. The zero-order valence-electron chi connectivity index (χ0n) is 16.1. The van der Waals surface area contributed by atoms with Crippen molar-refractivity contribution in [3.05, 3.63) is 120 Å². The van der Waals surface area contributed by atoms with Crippen molar-refractivity contribution in [1.29, 1.82) is 0 Å². The molecule has 0 aliphatic rings. The first-order valence-corrected chi connectivity index (χ1v) is 9.59. The van der Waals surface area contributed by atoms with Crippen LogP contribution in [0.15, 0.2) is 103 Å². The summed E-state index contributed by atoms with van der Waals surface area (Å²) in [7, 11) is 0. The van der Waals surface area contributed by atoms with Crippen LogP contribution in [-0.4, -0.2) is 10.9 Å². The van der Waals surface area contributed by atoms with Crippen molar-refractivity contribution in [3.63, 3.8) is 0 Å². The number of hydrogen-bond acceptors (Lipinski definition) is 3. The second-order valence-corrected chi connectivity index (χ2v) is 6.78. The van der Waals surface area contributed by atoms with Gasteiger partial charge in [0.1, 0.15) is 11.6 Å². The number of carbonyl (C=O) groups is 1. The van der Waals surface area contributed by atoms with E-state index >= 15 is 0 Å². The number of rotatable bonds is 6. The molecule has 148 valence electrons. The standard InChI is InChI=1S/C25H20FN3O/c26-21-13-7-8-14-22(21)29-23-16-15-20(17-27-23)28-25(30)24(18-9-3-1-4-10-18)19-11-5-2-6-12-19/h1-17,24H,(H,27,29)(H,28,30). The summed E-state index contributed by atoms with van der Waals surface area (Å²) in [5, 5.41) is 5.87. The maximum atomic E-state index is 13.8. The SMILES string of the molecule is O=C(Nc1ccc(Nc2ccccc2F)nc1)C(c1ccccc1)c1ccccc1. The molecule has 0 saturated heterocycles. The second kappa shape index (κ2) is 9.01. The van der Waals surface area contributed by atoms with Gasteiger partial charge in [0.2, 0.25) is 5.91 Å². The first-order valence-electron chi connectivity index (χ1n) is 9.59. The van der Waals surface area contributed by atoms with Crippen LogP contribution in [0, 0.1) is 5.82 Å². The number of halogens is 1. The molecular weight excluding hydrogens is 377 g/mol. The lowest BCUT2D eigenvalue weighted by atomic mass is 9.90. The number of carbonyl (C=O) groups excluding carboxylic acids is 1. The van der Waals surface area contributed by atoms with Crippen LogP contribution in [0.5, 0.6) is 0 Å². The van der Waals surface area contributed by atoms with E-state index in [9.17, 15) is 9.18 Å². The maximum absolute atomic E-state index is 13.8. The minimum absolute atomic E-state index is 0.149. The van der Waals surface area contributed by atoms with Crippen molar-refractivity contribution in [1.82, 2.24) is 4.98 Å². The van der Waals surface area contributed by atoms with Gasteiger partial charge < -0.3 is 10.6 Å². The minimum atomic E-state index is -0.441. The molecule has 30 heavy (non-hydrogen) atoms. The van der Waals surface area contributed by atoms with E-state index in [0.717, 1.165) is 11.1 Å². The molecule has 0 atom stereocenters. The number of nitrogens with one attached hydrogen (secondary N) is 2. The molecule has 5 heteroatoms. The van der Waals surface area contributed by atoms with Gasteiger partial charge in [-0.15, -0.1) is 0 Å². The molecular formula is C25H20FN3O. The monoisotopic (exact) mass is 397 g/mol. The van der Waals surface area contributed by atoms with E-state index in [0.29, 0.717) is 17.2 Å². The Labute approximate surface area is 174 Å². The molecule has 1 amide bonds. The first-order chi connectivity index (χ1) is 14.7. The minimum Gasteiger partial charge on any atom is -0.338 e. The molecule has 0 saturated carbocycles. The number of pyridine rings is 1. The van der Waals surface area contributed by atoms with E-state index in [2.05, 4.69) is 15.6 Å². The van der Waals surface area contributed by atoms with Gasteiger partial charge in [-0.3, -0.25) is 4.79 Å². The third-order valence-corrected chi connectivity index (χ3v) is 4.70. The number of aromatic nitrogens is 1. The summed E-state index contributed by atoms with van der Waals surface area (Å²) in [4.78, 5) is 17.4. The molecule has 1 heterocycles. The van der Waals surface area contributed by atoms with Crippen molar-refractivity contribution in [3.8, 4) is 0 Å². The Balaban J connectivity index is 1.52. The van der Waals surface area contributed by atoms with E-state index in [1.807, 2.05) is 60.7 Å². The average Bonchev–Trinajstić information content (AvgIpc) is 2.78. The number of hydrogen-bond donors (Lipinski definition) is 2. The van der Waals surface area contributed by atoms with E-state index in [-0.39, 0.29) is 11.7 Å². The van der Waals surface area contributed by atoms with Crippen LogP contribution in [0.2, 0.25) is 0 Å². The van der Waals surface area contributed by atoms with Gasteiger partial charge in [0.25, 0.3) is 0 Å². The van der Waals surface area contributed by atoms with Gasteiger partial charge in [-0.25, -0.2) is 9.37 Å². The molecule has 0 bridgehead atoms. The highest BCUT2D eigenvalue weighted by Gasteiger charge is 2.22. The second-order valence-electron chi connectivity index (χ2n) is 6.78. The van der Waals surface area contributed by atoms with Crippen molar-refractivity contribution >= 4 is 23.1 Å². The van der Waals surface area contributed by atoms with Gasteiger partial charge in [-0.2, -0.15) is 0 Å². The summed E-state index contributed by atoms with van der Waals surface area (Å²) in [6.07, 6.45) is 1.55. The fourth-order valence-corrected chi connectivity index (χ4v) is 3.24. The van der Waals surface area contributed by atoms with E-state index in [1.165, 1.54) is 6.07 Å². The molecule has 4 nitrogen and oxygen atoms in total. The lowest BCUT2D eigenvalue weighted by Gasteiger charge is -2.18. The quantitative estimate of drug-likeness (QED) is 0.437. The molecule has 0 unspecified atom stereocenters. The van der Waals surface area contributed by atoms with Crippen molar-refractivity contribution in [2.45, 2.75) is 5.92 Å². The molecule has 3 aromatic carbocycles. The number of benzene rings is 3. The highest BCUT2D eigenvalue weighted by molar-refractivity contribution is 5.98. The van der Waals surface area contributed by atoms with Crippen molar-refractivity contribution < 1.29 is 9.18 Å². The summed E-state index contributed by atoms with van der Waals surface area (Å²) in [6.45, 7) is 0.